The predicted octanol–water partition coefficient (Wildman–Crippen LogP) is 2.04. The van der Waals surface area contributed by atoms with Crippen LogP contribution in [0.15, 0.2) is 42.5 Å². The molecule has 0 saturated heterocycles. The van der Waals surface area contributed by atoms with Crippen molar-refractivity contribution in [2.75, 3.05) is 18.6 Å². The minimum absolute atomic E-state index is 0.0247. The molecule has 5 N–H and O–H groups in total. The summed E-state index contributed by atoms with van der Waals surface area (Å²) in [6, 6.07) is 6.56. The van der Waals surface area contributed by atoms with Crippen LogP contribution in [-0.2, 0) is 35.3 Å². The standard InChI is InChI=1S/C27H40N4O7S/c1-5-37-24(33)14-12-20(11-13-23(28)32)29-26(35)22(17-39-4)30-25(34)21(15-18(2)3)31-27(36)38-16-19-9-7-6-8-10-19/h6-10,12,14,18,20-22H,5,11,13,15-17H2,1-4H3,(H2,28,32)(H,29,35)(H,30,34)(H,31,36)/b14-12+/t20-,21-,22-/m0/s1. The second kappa shape index (κ2) is 18.7. The summed E-state index contributed by atoms with van der Waals surface area (Å²) in [6.45, 7) is 5.71. The second-order valence-corrected chi connectivity index (χ2v) is 10.0. The average molecular weight is 565 g/mol. The number of ether oxygens (including phenoxy) is 2. The SMILES string of the molecule is CCOC(=O)/C=C/[C@H](CCC(N)=O)NC(=O)[C@H](CSC)NC(=O)[C@H](CC(C)C)NC(=O)OCc1ccccc1. The number of alkyl carbamates (subject to hydrolysis) is 1. The first-order chi connectivity index (χ1) is 18.5. The first-order valence-corrected chi connectivity index (χ1v) is 14.1. The van der Waals surface area contributed by atoms with Crippen molar-refractivity contribution < 1.29 is 33.4 Å². The highest BCUT2D eigenvalue weighted by Crippen LogP contribution is 2.09. The number of carbonyl (C=O) groups is 5. The van der Waals surface area contributed by atoms with Gasteiger partial charge in [0.15, 0.2) is 0 Å². The molecule has 11 nitrogen and oxygen atoms in total. The van der Waals surface area contributed by atoms with Gasteiger partial charge in [0, 0.05) is 24.3 Å². The number of rotatable bonds is 17. The van der Waals surface area contributed by atoms with Crippen LogP contribution in [-0.4, -0.2) is 66.5 Å². The number of primary amides is 1. The topological polar surface area (TPSA) is 166 Å². The van der Waals surface area contributed by atoms with Gasteiger partial charge in [0.2, 0.25) is 17.7 Å². The summed E-state index contributed by atoms with van der Waals surface area (Å²) in [7, 11) is 0. The lowest BCUT2D eigenvalue weighted by atomic mass is 10.0. The first kappa shape index (κ1) is 33.5. The van der Waals surface area contributed by atoms with Crippen LogP contribution in [0.4, 0.5) is 4.79 Å². The van der Waals surface area contributed by atoms with Gasteiger partial charge < -0.3 is 31.2 Å². The zero-order valence-electron chi connectivity index (χ0n) is 22.9. The van der Waals surface area contributed by atoms with E-state index in [9.17, 15) is 24.0 Å². The van der Waals surface area contributed by atoms with Gasteiger partial charge in [-0.1, -0.05) is 50.3 Å². The van der Waals surface area contributed by atoms with Gasteiger partial charge in [0.05, 0.1) is 6.61 Å². The van der Waals surface area contributed by atoms with E-state index in [1.807, 2.05) is 44.2 Å². The number of benzene rings is 1. The molecule has 0 bridgehead atoms. The Hall–Kier alpha value is -3.54. The van der Waals surface area contributed by atoms with Crippen LogP contribution in [0.3, 0.4) is 0 Å². The van der Waals surface area contributed by atoms with Crippen LogP contribution in [0.2, 0.25) is 0 Å². The van der Waals surface area contributed by atoms with Crippen LogP contribution in [0.5, 0.6) is 0 Å². The summed E-state index contributed by atoms with van der Waals surface area (Å²) in [6.07, 6.45) is 4.07. The van der Waals surface area contributed by atoms with Gasteiger partial charge in [-0.3, -0.25) is 14.4 Å². The number of hydrogen-bond acceptors (Lipinski definition) is 8. The van der Waals surface area contributed by atoms with Gasteiger partial charge in [0.25, 0.3) is 0 Å². The fourth-order valence-electron chi connectivity index (χ4n) is 3.41. The minimum Gasteiger partial charge on any atom is -0.463 e. The Balaban J connectivity index is 2.90. The van der Waals surface area contributed by atoms with Crippen molar-refractivity contribution in [3.8, 4) is 0 Å². The summed E-state index contributed by atoms with van der Waals surface area (Å²) in [4.78, 5) is 61.7. The molecular formula is C27H40N4O7S. The first-order valence-electron chi connectivity index (χ1n) is 12.8. The molecule has 0 spiro atoms. The average Bonchev–Trinajstić information content (AvgIpc) is 2.88. The molecule has 1 aromatic rings. The zero-order chi connectivity index (χ0) is 29.2. The monoisotopic (exact) mass is 564 g/mol. The molecule has 0 unspecified atom stereocenters. The highest BCUT2D eigenvalue weighted by atomic mass is 32.2. The van der Waals surface area contributed by atoms with Gasteiger partial charge in [0.1, 0.15) is 18.7 Å². The van der Waals surface area contributed by atoms with E-state index in [2.05, 4.69) is 16.0 Å². The largest absolute Gasteiger partial charge is 0.463 e. The summed E-state index contributed by atoms with van der Waals surface area (Å²) < 4.78 is 10.1. The number of carbonyl (C=O) groups excluding carboxylic acids is 5. The molecule has 0 aliphatic carbocycles. The van der Waals surface area contributed by atoms with Crippen molar-refractivity contribution in [1.82, 2.24) is 16.0 Å². The lowest BCUT2D eigenvalue weighted by Crippen LogP contribution is -2.56. The molecular weight excluding hydrogens is 524 g/mol. The van der Waals surface area contributed by atoms with Crippen LogP contribution in [0.25, 0.3) is 0 Å². The molecule has 0 radical (unpaired) electrons. The Morgan fingerprint density at radius 3 is 2.23 bits per heavy atom. The lowest BCUT2D eigenvalue weighted by Gasteiger charge is -2.25. The van der Waals surface area contributed by atoms with Crippen molar-refractivity contribution in [1.29, 1.82) is 0 Å². The number of thioether (sulfide) groups is 1. The maximum atomic E-state index is 13.2. The van der Waals surface area contributed by atoms with Gasteiger partial charge in [-0.2, -0.15) is 11.8 Å². The third-order valence-electron chi connectivity index (χ3n) is 5.28. The molecule has 12 heteroatoms. The molecule has 0 aliphatic rings. The highest BCUT2D eigenvalue weighted by molar-refractivity contribution is 7.98. The van der Waals surface area contributed by atoms with E-state index in [-0.39, 0.29) is 37.7 Å². The Morgan fingerprint density at radius 2 is 1.64 bits per heavy atom. The second-order valence-electron chi connectivity index (χ2n) is 9.14. The molecule has 0 aromatic heterocycles. The zero-order valence-corrected chi connectivity index (χ0v) is 23.8. The Bertz CT molecular complexity index is 972. The van der Waals surface area contributed by atoms with Crippen molar-refractivity contribution in [2.24, 2.45) is 11.7 Å². The summed E-state index contributed by atoms with van der Waals surface area (Å²) >= 11 is 1.34. The van der Waals surface area contributed by atoms with E-state index in [0.717, 1.165) is 5.56 Å². The fraction of sp³-hybridized carbons (Fsp3) is 0.519. The van der Waals surface area contributed by atoms with E-state index in [1.165, 1.54) is 23.9 Å². The molecule has 216 valence electrons. The number of esters is 1. The molecule has 0 saturated carbocycles. The van der Waals surface area contributed by atoms with Crippen LogP contribution in [0.1, 0.15) is 45.6 Å². The van der Waals surface area contributed by atoms with Crippen molar-refractivity contribution >= 4 is 41.5 Å². The third kappa shape index (κ3) is 14.8. The molecule has 0 heterocycles. The van der Waals surface area contributed by atoms with Crippen LogP contribution in [0, 0.1) is 5.92 Å². The Morgan fingerprint density at radius 1 is 0.974 bits per heavy atom. The van der Waals surface area contributed by atoms with Gasteiger partial charge in [-0.15, -0.1) is 0 Å². The Labute approximate surface area is 234 Å². The molecule has 4 amide bonds. The number of nitrogens with one attached hydrogen (secondary N) is 3. The quantitative estimate of drug-likeness (QED) is 0.165. The maximum Gasteiger partial charge on any atom is 0.408 e. The molecule has 0 fully saturated rings. The predicted molar refractivity (Wildman–Crippen MR) is 149 cm³/mol. The minimum atomic E-state index is -0.948. The lowest BCUT2D eigenvalue weighted by molar-refractivity contribution is -0.137. The highest BCUT2D eigenvalue weighted by Gasteiger charge is 2.28. The summed E-state index contributed by atoms with van der Waals surface area (Å²) in [5, 5.41) is 8.04. The van der Waals surface area contributed by atoms with Gasteiger partial charge in [-0.25, -0.2) is 9.59 Å². The third-order valence-corrected chi connectivity index (χ3v) is 5.94. The number of amides is 4. The van der Waals surface area contributed by atoms with E-state index in [4.69, 9.17) is 15.2 Å². The van der Waals surface area contributed by atoms with Crippen molar-refractivity contribution in [2.45, 2.75) is 64.8 Å². The van der Waals surface area contributed by atoms with Gasteiger partial charge in [-0.05, 0) is 37.5 Å². The van der Waals surface area contributed by atoms with Crippen molar-refractivity contribution in [3.05, 3.63) is 48.0 Å². The molecule has 39 heavy (non-hydrogen) atoms. The van der Waals surface area contributed by atoms with E-state index < -0.39 is 47.9 Å². The van der Waals surface area contributed by atoms with E-state index in [1.54, 1.807) is 13.2 Å². The smallest absolute Gasteiger partial charge is 0.408 e. The van der Waals surface area contributed by atoms with Crippen LogP contribution < -0.4 is 21.7 Å². The normalized spacial score (nSPS) is 13.3. The fourth-order valence-corrected chi connectivity index (χ4v) is 3.98. The van der Waals surface area contributed by atoms with E-state index in [0.29, 0.717) is 6.42 Å². The van der Waals surface area contributed by atoms with Crippen molar-refractivity contribution in [3.63, 3.8) is 0 Å². The number of nitrogens with two attached hydrogens (primary N) is 1. The summed E-state index contributed by atoms with van der Waals surface area (Å²) in [5.41, 5.74) is 6.05. The van der Waals surface area contributed by atoms with Gasteiger partial charge >= 0.3 is 12.1 Å². The molecule has 1 aromatic carbocycles. The molecule has 1 rings (SSSR count). The number of hydrogen-bond donors (Lipinski definition) is 4. The molecule has 3 atom stereocenters. The Kier molecular flexibility index (Phi) is 16.0. The maximum absolute atomic E-state index is 13.2. The van der Waals surface area contributed by atoms with E-state index >= 15 is 0 Å². The summed E-state index contributed by atoms with van der Waals surface area (Å²) in [5.74, 6) is -1.90. The molecule has 0 aliphatic heterocycles. The van der Waals surface area contributed by atoms with Crippen LogP contribution >= 0.6 is 11.8 Å².